The van der Waals surface area contributed by atoms with Gasteiger partial charge in [-0.3, -0.25) is 0 Å². The highest BCUT2D eigenvalue weighted by Crippen LogP contribution is 1.98. The van der Waals surface area contributed by atoms with Crippen molar-refractivity contribution in [1.29, 1.82) is 0 Å². The number of nitrogens with two attached hydrogens (primary N) is 1. The van der Waals surface area contributed by atoms with Crippen LogP contribution in [0.3, 0.4) is 0 Å². The minimum Gasteiger partial charge on any atom is -0.382 e. The number of hydrogen-bond acceptors (Lipinski definition) is 3. The SMILES string of the molecule is C=C(C)CCOC(CN)COC. The van der Waals surface area contributed by atoms with E-state index in [1.165, 1.54) is 0 Å². The van der Waals surface area contributed by atoms with Crippen molar-refractivity contribution in [1.82, 2.24) is 0 Å². The van der Waals surface area contributed by atoms with Gasteiger partial charge in [0.25, 0.3) is 0 Å². The maximum absolute atomic E-state index is 5.45. The molecule has 0 rings (SSSR count). The van der Waals surface area contributed by atoms with Crippen LogP contribution in [0.5, 0.6) is 0 Å². The van der Waals surface area contributed by atoms with E-state index in [1.54, 1.807) is 7.11 Å². The molecule has 1 unspecified atom stereocenters. The lowest BCUT2D eigenvalue weighted by Crippen LogP contribution is -2.28. The summed E-state index contributed by atoms with van der Waals surface area (Å²) in [5, 5.41) is 0. The summed E-state index contributed by atoms with van der Waals surface area (Å²) in [4.78, 5) is 0. The number of rotatable bonds is 7. The molecule has 0 aromatic carbocycles. The van der Waals surface area contributed by atoms with Crippen LogP contribution in [0.2, 0.25) is 0 Å². The van der Waals surface area contributed by atoms with Crippen molar-refractivity contribution in [3.63, 3.8) is 0 Å². The maximum Gasteiger partial charge on any atom is 0.0930 e. The standard InChI is InChI=1S/C9H19NO2/c1-8(2)4-5-12-9(6-10)7-11-3/h9H,1,4-7,10H2,2-3H3. The van der Waals surface area contributed by atoms with E-state index in [-0.39, 0.29) is 6.10 Å². The summed E-state index contributed by atoms with van der Waals surface area (Å²) in [6, 6.07) is 0. The largest absolute Gasteiger partial charge is 0.382 e. The topological polar surface area (TPSA) is 44.5 Å². The quantitative estimate of drug-likeness (QED) is 0.583. The first-order valence-corrected chi connectivity index (χ1v) is 4.15. The molecule has 72 valence electrons. The number of ether oxygens (including phenoxy) is 2. The van der Waals surface area contributed by atoms with Gasteiger partial charge in [0.15, 0.2) is 0 Å². The molecule has 0 aliphatic rings. The Hall–Kier alpha value is -0.380. The highest BCUT2D eigenvalue weighted by molar-refractivity contribution is 4.87. The van der Waals surface area contributed by atoms with E-state index in [4.69, 9.17) is 15.2 Å². The minimum atomic E-state index is 0.0225. The Morgan fingerprint density at radius 3 is 2.67 bits per heavy atom. The third-order valence-corrected chi connectivity index (χ3v) is 1.50. The smallest absolute Gasteiger partial charge is 0.0930 e. The van der Waals surface area contributed by atoms with Gasteiger partial charge < -0.3 is 15.2 Å². The molecular formula is C9H19NO2. The first-order valence-electron chi connectivity index (χ1n) is 4.15. The van der Waals surface area contributed by atoms with Crippen LogP contribution >= 0.6 is 0 Å². The lowest BCUT2D eigenvalue weighted by molar-refractivity contribution is 0.00507. The molecule has 0 bridgehead atoms. The van der Waals surface area contributed by atoms with Crippen molar-refractivity contribution in [2.24, 2.45) is 5.73 Å². The monoisotopic (exact) mass is 173 g/mol. The Kier molecular flexibility index (Phi) is 7.05. The van der Waals surface area contributed by atoms with Gasteiger partial charge in [0.05, 0.1) is 19.3 Å². The van der Waals surface area contributed by atoms with E-state index >= 15 is 0 Å². The average Bonchev–Trinajstić information content (AvgIpc) is 2.02. The molecule has 0 spiro atoms. The Balaban J connectivity index is 3.37. The highest BCUT2D eigenvalue weighted by Gasteiger charge is 2.04. The molecule has 0 amide bonds. The molecule has 3 heteroatoms. The molecule has 0 aliphatic heterocycles. The van der Waals surface area contributed by atoms with Crippen LogP contribution in [-0.4, -0.2) is 33.0 Å². The maximum atomic E-state index is 5.45. The van der Waals surface area contributed by atoms with Gasteiger partial charge in [0, 0.05) is 13.7 Å². The summed E-state index contributed by atoms with van der Waals surface area (Å²) in [5.74, 6) is 0. The molecule has 1 atom stereocenters. The van der Waals surface area contributed by atoms with Gasteiger partial charge in [-0.2, -0.15) is 0 Å². The van der Waals surface area contributed by atoms with Crippen molar-refractivity contribution < 1.29 is 9.47 Å². The zero-order valence-corrected chi connectivity index (χ0v) is 8.01. The zero-order chi connectivity index (χ0) is 9.40. The van der Waals surface area contributed by atoms with Crippen molar-refractivity contribution >= 4 is 0 Å². The summed E-state index contributed by atoms with van der Waals surface area (Å²) < 4.78 is 10.4. The first kappa shape index (κ1) is 11.6. The molecule has 3 nitrogen and oxygen atoms in total. The summed E-state index contributed by atoms with van der Waals surface area (Å²) in [6.07, 6.45) is 0.912. The fourth-order valence-corrected chi connectivity index (χ4v) is 0.770. The Bertz CT molecular complexity index is 126. The Morgan fingerprint density at radius 2 is 2.25 bits per heavy atom. The highest BCUT2D eigenvalue weighted by atomic mass is 16.5. The van der Waals surface area contributed by atoms with E-state index in [0.29, 0.717) is 19.8 Å². The second-order valence-corrected chi connectivity index (χ2v) is 2.89. The molecule has 2 N–H and O–H groups in total. The number of hydrogen-bond donors (Lipinski definition) is 1. The molecular weight excluding hydrogens is 154 g/mol. The van der Waals surface area contributed by atoms with Gasteiger partial charge in [-0.1, -0.05) is 5.57 Å². The molecule has 0 aromatic rings. The second kappa shape index (κ2) is 7.28. The van der Waals surface area contributed by atoms with Crippen molar-refractivity contribution in [3.05, 3.63) is 12.2 Å². The summed E-state index contributed by atoms with van der Waals surface area (Å²) in [7, 11) is 1.64. The predicted molar refractivity (Wildman–Crippen MR) is 50.1 cm³/mol. The van der Waals surface area contributed by atoms with Gasteiger partial charge in [0.1, 0.15) is 0 Å². The lowest BCUT2D eigenvalue weighted by Gasteiger charge is -2.14. The molecule has 0 radical (unpaired) electrons. The fourth-order valence-electron chi connectivity index (χ4n) is 0.770. The molecule has 0 aromatic heterocycles. The van der Waals surface area contributed by atoms with Crippen LogP contribution < -0.4 is 5.73 Å². The van der Waals surface area contributed by atoms with Crippen LogP contribution in [0.1, 0.15) is 13.3 Å². The molecule has 0 aliphatic carbocycles. The predicted octanol–water partition coefficient (Wildman–Crippen LogP) is 0.943. The van der Waals surface area contributed by atoms with Crippen LogP contribution in [0.15, 0.2) is 12.2 Å². The van der Waals surface area contributed by atoms with Gasteiger partial charge in [-0.15, -0.1) is 6.58 Å². The molecule has 0 fully saturated rings. The summed E-state index contributed by atoms with van der Waals surface area (Å²) >= 11 is 0. The van der Waals surface area contributed by atoms with Gasteiger partial charge >= 0.3 is 0 Å². The third-order valence-electron chi connectivity index (χ3n) is 1.50. The van der Waals surface area contributed by atoms with Crippen LogP contribution in [0.4, 0.5) is 0 Å². The summed E-state index contributed by atoms with van der Waals surface area (Å²) in [5.41, 5.74) is 6.58. The van der Waals surface area contributed by atoms with E-state index in [2.05, 4.69) is 6.58 Å². The zero-order valence-electron chi connectivity index (χ0n) is 8.01. The van der Waals surface area contributed by atoms with E-state index in [0.717, 1.165) is 12.0 Å². The van der Waals surface area contributed by atoms with Crippen molar-refractivity contribution in [2.45, 2.75) is 19.4 Å². The molecule has 0 saturated carbocycles. The Labute approximate surface area is 74.5 Å². The minimum absolute atomic E-state index is 0.0225. The van der Waals surface area contributed by atoms with E-state index < -0.39 is 0 Å². The normalized spacial score (nSPS) is 12.9. The molecule has 0 heterocycles. The fraction of sp³-hybridized carbons (Fsp3) is 0.778. The van der Waals surface area contributed by atoms with Crippen molar-refractivity contribution in [2.75, 3.05) is 26.9 Å². The third kappa shape index (κ3) is 6.34. The molecule has 12 heavy (non-hydrogen) atoms. The van der Waals surface area contributed by atoms with Gasteiger partial charge in [0.2, 0.25) is 0 Å². The molecule has 0 saturated heterocycles. The average molecular weight is 173 g/mol. The van der Waals surface area contributed by atoms with E-state index in [9.17, 15) is 0 Å². The summed E-state index contributed by atoms with van der Waals surface area (Å²) in [6.45, 7) is 7.51. The lowest BCUT2D eigenvalue weighted by atomic mass is 10.2. The second-order valence-electron chi connectivity index (χ2n) is 2.89. The van der Waals surface area contributed by atoms with Gasteiger partial charge in [-0.25, -0.2) is 0 Å². The van der Waals surface area contributed by atoms with Crippen LogP contribution in [0.25, 0.3) is 0 Å². The van der Waals surface area contributed by atoms with Gasteiger partial charge in [-0.05, 0) is 13.3 Å². The first-order chi connectivity index (χ1) is 5.70. The van der Waals surface area contributed by atoms with Crippen molar-refractivity contribution in [3.8, 4) is 0 Å². The number of methoxy groups -OCH3 is 1. The van der Waals surface area contributed by atoms with Crippen LogP contribution in [-0.2, 0) is 9.47 Å². The van der Waals surface area contributed by atoms with Crippen LogP contribution in [0, 0.1) is 0 Å². The van der Waals surface area contributed by atoms with E-state index in [1.807, 2.05) is 6.92 Å². The Morgan fingerprint density at radius 1 is 1.58 bits per heavy atom.